The summed E-state index contributed by atoms with van der Waals surface area (Å²) < 4.78 is 0. The van der Waals surface area contributed by atoms with Gasteiger partial charge in [-0.1, -0.05) is 38.2 Å². The van der Waals surface area contributed by atoms with Crippen molar-refractivity contribution in [3.8, 4) is 0 Å². The largest absolute Gasteiger partial charge is 0.258 e. The third-order valence-corrected chi connectivity index (χ3v) is 1.81. The fourth-order valence-corrected chi connectivity index (χ4v) is 1.20. The molecule has 0 saturated heterocycles. The number of allylic oxidation sites excluding steroid dienone is 5. The maximum absolute atomic E-state index is 4.58. The summed E-state index contributed by atoms with van der Waals surface area (Å²) in [4.78, 5) is 4.58. The van der Waals surface area contributed by atoms with E-state index in [9.17, 15) is 0 Å². The molecule has 1 heteroatoms. The Balaban J connectivity index is 4.65. The van der Waals surface area contributed by atoms with Crippen LogP contribution in [0.3, 0.4) is 0 Å². The van der Waals surface area contributed by atoms with Gasteiger partial charge in [-0.15, -0.1) is 0 Å². The van der Waals surface area contributed by atoms with Gasteiger partial charge < -0.3 is 0 Å². The van der Waals surface area contributed by atoms with Gasteiger partial charge in [0.25, 0.3) is 0 Å². The second-order valence-corrected chi connectivity index (χ2v) is 3.96. The summed E-state index contributed by atoms with van der Waals surface area (Å²) in [6, 6.07) is 0. The van der Waals surface area contributed by atoms with Crippen molar-refractivity contribution in [3.05, 3.63) is 36.1 Å². The summed E-state index contributed by atoms with van der Waals surface area (Å²) in [5, 5.41) is 0. The van der Waals surface area contributed by atoms with Crippen molar-refractivity contribution >= 4 is 5.71 Å². The monoisotopic (exact) mass is 205 g/mol. The lowest BCUT2D eigenvalue weighted by Crippen LogP contribution is -1.91. The molecule has 0 radical (unpaired) electrons. The molecule has 0 atom stereocenters. The first-order chi connectivity index (χ1) is 7.10. The second-order valence-electron chi connectivity index (χ2n) is 3.96. The van der Waals surface area contributed by atoms with E-state index >= 15 is 0 Å². The van der Waals surface area contributed by atoms with Crippen LogP contribution in [-0.2, 0) is 0 Å². The average Bonchev–Trinajstić information content (AvgIpc) is 2.14. The van der Waals surface area contributed by atoms with Gasteiger partial charge in [-0.2, -0.15) is 0 Å². The Hall–Kier alpha value is -1.11. The molecular weight excluding hydrogens is 182 g/mol. The predicted octanol–water partition coefficient (Wildman–Crippen LogP) is 4.53. The number of rotatable bonds is 5. The molecule has 0 unspecified atom stereocenters. The van der Waals surface area contributed by atoms with Crippen LogP contribution >= 0.6 is 0 Å². The standard InChI is InChI=1S/C14H23N/c1-6-8-10-13(5)15-14(9-7-2)11-12(3)4/h6-9,11-12H,10H2,1-5H3/b8-6-,9-7-,14-11-,15-13?. The highest BCUT2D eigenvalue weighted by Gasteiger charge is 1.93. The van der Waals surface area contributed by atoms with Gasteiger partial charge in [0.05, 0.1) is 5.70 Å². The van der Waals surface area contributed by atoms with Crippen LogP contribution in [0.25, 0.3) is 0 Å². The van der Waals surface area contributed by atoms with Crippen LogP contribution in [-0.4, -0.2) is 5.71 Å². The third kappa shape index (κ3) is 7.92. The predicted molar refractivity (Wildman–Crippen MR) is 70.3 cm³/mol. The normalized spacial score (nSPS) is 14.8. The Morgan fingerprint density at radius 2 is 1.87 bits per heavy atom. The van der Waals surface area contributed by atoms with E-state index in [1.54, 1.807) is 0 Å². The van der Waals surface area contributed by atoms with Crippen LogP contribution in [0.5, 0.6) is 0 Å². The number of hydrogen-bond acceptors (Lipinski definition) is 1. The molecule has 0 heterocycles. The minimum absolute atomic E-state index is 0.537. The zero-order valence-electron chi connectivity index (χ0n) is 10.6. The molecule has 0 aromatic carbocycles. The summed E-state index contributed by atoms with van der Waals surface area (Å²) in [7, 11) is 0. The van der Waals surface area contributed by atoms with E-state index in [1.807, 2.05) is 19.9 Å². The smallest absolute Gasteiger partial charge is 0.0588 e. The van der Waals surface area contributed by atoms with Crippen molar-refractivity contribution < 1.29 is 0 Å². The molecule has 0 aliphatic carbocycles. The van der Waals surface area contributed by atoms with Crippen molar-refractivity contribution in [3.63, 3.8) is 0 Å². The van der Waals surface area contributed by atoms with Gasteiger partial charge in [0.1, 0.15) is 0 Å². The first-order valence-corrected chi connectivity index (χ1v) is 5.60. The molecule has 0 bridgehead atoms. The first-order valence-electron chi connectivity index (χ1n) is 5.60. The molecule has 0 aliphatic heterocycles. The van der Waals surface area contributed by atoms with Gasteiger partial charge in [-0.25, -0.2) is 0 Å². The highest BCUT2D eigenvalue weighted by atomic mass is 14.7. The summed E-state index contributed by atoms with van der Waals surface area (Å²) in [6.45, 7) is 10.5. The SMILES string of the molecule is C/C=C\CC(C)=NC(/C=C\C)=C\C(C)C. The number of nitrogens with zero attached hydrogens (tertiary/aromatic N) is 1. The lowest BCUT2D eigenvalue weighted by molar-refractivity contribution is 0.823. The molecule has 1 nitrogen and oxygen atoms in total. The highest BCUT2D eigenvalue weighted by Crippen LogP contribution is 2.07. The molecule has 15 heavy (non-hydrogen) atoms. The molecule has 0 N–H and O–H groups in total. The van der Waals surface area contributed by atoms with Crippen LogP contribution in [0.4, 0.5) is 0 Å². The van der Waals surface area contributed by atoms with E-state index in [1.165, 1.54) is 0 Å². The van der Waals surface area contributed by atoms with E-state index in [2.05, 4.69) is 50.1 Å². The minimum atomic E-state index is 0.537. The van der Waals surface area contributed by atoms with Crippen molar-refractivity contribution in [1.82, 2.24) is 0 Å². The molecule has 0 amide bonds. The first kappa shape index (κ1) is 13.9. The van der Waals surface area contributed by atoms with E-state index < -0.39 is 0 Å². The Kier molecular flexibility index (Phi) is 7.61. The molecular formula is C14H23N. The quantitative estimate of drug-likeness (QED) is 0.355. The zero-order valence-corrected chi connectivity index (χ0v) is 10.6. The van der Waals surface area contributed by atoms with E-state index in [4.69, 9.17) is 0 Å². The molecule has 0 saturated carbocycles. The molecule has 0 spiro atoms. The molecule has 0 aromatic rings. The number of aliphatic imine (C=N–C) groups is 1. The molecule has 0 aromatic heterocycles. The van der Waals surface area contributed by atoms with Crippen LogP contribution in [0.15, 0.2) is 41.1 Å². The van der Waals surface area contributed by atoms with Gasteiger partial charge in [0.2, 0.25) is 0 Å². The molecule has 0 fully saturated rings. The Morgan fingerprint density at radius 3 is 2.33 bits per heavy atom. The van der Waals surface area contributed by atoms with Crippen molar-refractivity contribution in [2.24, 2.45) is 10.9 Å². The average molecular weight is 205 g/mol. The lowest BCUT2D eigenvalue weighted by Gasteiger charge is -2.01. The van der Waals surface area contributed by atoms with Gasteiger partial charge >= 0.3 is 0 Å². The van der Waals surface area contributed by atoms with E-state index in [0.29, 0.717) is 5.92 Å². The summed E-state index contributed by atoms with van der Waals surface area (Å²) in [6.07, 6.45) is 11.4. The van der Waals surface area contributed by atoms with Crippen LogP contribution in [0, 0.1) is 5.92 Å². The van der Waals surface area contributed by atoms with Gasteiger partial charge in [-0.3, -0.25) is 4.99 Å². The fourth-order valence-electron chi connectivity index (χ4n) is 1.20. The Labute approximate surface area is 94.3 Å². The fraction of sp³-hybridized carbons (Fsp3) is 0.500. The van der Waals surface area contributed by atoms with Crippen LogP contribution in [0.2, 0.25) is 0 Å². The van der Waals surface area contributed by atoms with Gasteiger partial charge in [0, 0.05) is 12.1 Å². The maximum atomic E-state index is 4.58. The van der Waals surface area contributed by atoms with E-state index in [-0.39, 0.29) is 0 Å². The zero-order chi connectivity index (χ0) is 11.7. The molecule has 0 aliphatic rings. The number of hydrogen-bond donors (Lipinski definition) is 0. The van der Waals surface area contributed by atoms with Crippen LogP contribution in [0.1, 0.15) is 41.0 Å². The molecule has 0 rings (SSSR count). The van der Waals surface area contributed by atoms with Crippen molar-refractivity contribution in [1.29, 1.82) is 0 Å². The third-order valence-electron chi connectivity index (χ3n) is 1.81. The van der Waals surface area contributed by atoms with Gasteiger partial charge in [-0.05, 0) is 32.8 Å². The lowest BCUT2D eigenvalue weighted by atomic mass is 10.1. The highest BCUT2D eigenvalue weighted by molar-refractivity contribution is 5.84. The van der Waals surface area contributed by atoms with Gasteiger partial charge in [0.15, 0.2) is 0 Å². The summed E-state index contributed by atoms with van der Waals surface area (Å²) >= 11 is 0. The Bertz CT molecular complexity index is 278. The second kappa shape index (κ2) is 8.22. The van der Waals surface area contributed by atoms with Crippen molar-refractivity contribution in [2.45, 2.75) is 41.0 Å². The minimum Gasteiger partial charge on any atom is -0.258 e. The van der Waals surface area contributed by atoms with E-state index in [0.717, 1.165) is 17.8 Å². The summed E-state index contributed by atoms with van der Waals surface area (Å²) in [5.41, 5.74) is 2.22. The topological polar surface area (TPSA) is 12.4 Å². The maximum Gasteiger partial charge on any atom is 0.0588 e. The Morgan fingerprint density at radius 1 is 1.20 bits per heavy atom. The van der Waals surface area contributed by atoms with Crippen LogP contribution < -0.4 is 0 Å². The molecule has 84 valence electrons. The summed E-state index contributed by atoms with van der Waals surface area (Å²) in [5.74, 6) is 0.537. The van der Waals surface area contributed by atoms with Crippen molar-refractivity contribution in [2.75, 3.05) is 0 Å².